The third-order valence-corrected chi connectivity index (χ3v) is 2.55. The van der Waals surface area contributed by atoms with Crippen LogP contribution in [-0.2, 0) is 9.53 Å². The molecule has 1 aromatic carbocycles. The first-order chi connectivity index (χ1) is 9.19. The normalized spacial score (nSPS) is 12.8. The number of ether oxygens (including phenoxy) is 1. The predicted octanol–water partition coefficient (Wildman–Crippen LogP) is 1.10. The van der Waals surface area contributed by atoms with Gasteiger partial charge >= 0.3 is 11.9 Å². The van der Waals surface area contributed by atoms with E-state index < -0.39 is 18.0 Å². The highest BCUT2D eigenvalue weighted by molar-refractivity contribution is 5.92. The monoisotopic (exact) mass is 282 g/mol. The van der Waals surface area contributed by atoms with Crippen LogP contribution in [0.2, 0.25) is 0 Å². The maximum atomic E-state index is 12.0. The Hall–Kier alpha value is -2.08. The van der Waals surface area contributed by atoms with Crippen molar-refractivity contribution in [1.82, 2.24) is 0 Å². The first-order valence-corrected chi connectivity index (χ1v) is 6.20. The molecule has 0 saturated heterocycles. The van der Waals surface area contributed by atoms with Crippen molar-refractivity contribution >= 4 is 11.9 Å². The summed E-state index contributed by atoms with van der Waals surface area (Å²) >= 11 is 0. The van der Waals surface area contributed by atoms with Gasteiger partial charge in [-0.15, -0.1) is 0 Å². The molecule has 0 aliphatic carbocycles. The van der Waals surface area contributed by atoms with Gasteiger partial charge in [-0.3, -0.25) is 4.79 Å². The van der Waals surface area contributed by atoms with Gasteiger partial charge in [0.25, 0.3) is 0 Å². The van der Waals surface area contributed by atoms with Crippen LogP contribution >= 0.6 is 0 Å². The zero-order valence-electron chi connectivity index (χ0n) is 11.9. The lowest BCUT2D eigenvalue weighted by Crippen LogP contribution is -2.43. The molecule has 0 aliphatic heterocycles. The molecule has 2 N–H and O–H groups in total. The molecule has 0 aromatic heterocycles. The molecule has 1 unspecified atom stereocenters. The number of quaternary nitrogens is 1. The van der Waals surface area contributed by atoms with E-state index in [4.69, 9.17) is 9.84 Å². The van der Waals surface area contributed by atoms with Gasteiger partial charge in [-0.05, 0) is 12.1 Å². The second-order valence-corrected chi connectivity index (χ2v) is 5.62. The maximum absolute atomic E-state index is 12.0. The number of carbonyl (C=O) groups is 2. The number of rotatable bonds is 6. The van der Waals surface area contributed by atoms with Crippen molar-refractivity contribution < 1.29 is 29.0 Å². The van der Waals surface area contributed by atoms with Crippen LogP contribution in [0, 0.1) is 0 Å². The number of carbonyl (C=O) groups excluding carboxylic acids is 1. The molecule has 6 nitrogen and oxygen atoms in total. The lowest BCUT2D eigenvalue weighted by atomic mass is 10.2. The molecule has 110 valence electrons. The Morgan fingerprint density at radius 2 is 1.85 bits per heavy atom. The third kappa shape index (κ3) is 5.27. The highest BCUT2D eigenvalue weighted by Gasteiger charge is 2.26. The van der Waals surface area contributed by atoms with Gasteiger partial charge in [-0.25, -0.2) is 4.79 Å². The zero-order chi connectivity index (χ0) is 15.3. The van der Waals surface area contributed by atoms with E-state index in [1.165, 1.54) is 12.1 Å². The summed E-state index contributed by atoms with van der Waals surface area (Å²) in [4.78, 5) is 22.8. The molecule has 0 fully saturated rings. The first-order valence-electron chi connectivity index (χ1n) is 6.20. The quantitative estimate of drug-likeness (QED) is 0.603. The Balaban J connectivity index is 2.81. The Morgan fingerprint density at radius 1 is 1.25 bits per heavy atom. The molecular weight excluding hydrogens is 262 g/mol. The molecule has 0 spiro atoms. The fraction of sp³-hybridized carbons (Fsp3) is 0.429. The molecule has 0 bridgehead atoms. The van der Waals surface area contributed by atoms with Crippen molar-refractivity contribution in [1.29, 1.82) is 0 Å². The standard InChI is InChI=1S/C14H19NO5/c1-15(2,3)9-10(8-13(17)18)20-14(19)11-6-4-5-7-12(11)16/h4-7,10H,8-9H2,1-3H3,(H-,16,17,18,19)/p+1. The van der Waals surface area contributed by atoms with Crippen molar-refractivity contribution in [3.8, 4) is 5.75 Å². The average Bonchev–Trinajstić information content (AvgIpc) is 2.25. The summed E-state index contributed by atoms with van der Waals surface area (Å²) in [5.74, 6) is -1.94. The van der Waals surface area contributed by atoms with Gasteiger partial charge in [-0.2, -0.15) is 0 Å². The first kappa shape index (κ1) is 16.0. The number of para-hydroxylation sites is 1. The van der Waals surface area contributed by atoms with Gasteiger partial charge in [0, 0.05) is 0 Å². The zero-order valence-corrected chi connectivity index (χ0v) is 11.9. The van der Waals surface area contributed by atoms with Crippen LogP contribution in [0.15, 0.2) is 24.3 Å². The van der Waals surface area contributed by atoms with Gasteiger partial charge in [0.05, 0.1) is 27.6 Å². The van der Waals surface area contributed by atoms with E-state index >= 15 is 0 Å². The van der Waals surface area contributed by atoms with Crippen LogP contribution in [0.3, 0.4) is 0 Å². The second kappa shape index (κ2) is 6.38. The largest absolute Gasteiger partial charge is 0.507 e. The predicted molar refractivity (Wildman–Crippen MR) is 72.5 cm³/mol. The lowest BCUT2D eigenvalue weighted by molar-refractivity contribution is -0.873. The van der Waals surface area contributed by atoms with Crippen LogP contribution in [0.5, 0.6) is 5.75 Å². The Labute approximate surface area is 117 Å². The Morgan fingerprint density at radius 3 is 2.35 bits per heavy atom. The highest BCUT2D eigenvalue weighted by Crippen LogP contribution is 2.18. The fourth-order valence-electron chi connectivity index (χ4n) is 1.81. The van der Waals surface area contributed by atoms with Crippen molar-refractivity contribution in [2.75, 3.05) is 27.7 Å². The minimum Gasteiger partial charge on any atom is -0.507 e. The molecular formula is C14H20NO5+. The van der Waals surface area contributed by atoms with Crippen LogP contribution in [-0.4, -0.2) is 60.4 Å². The number of aliphatic carboxylic acids is 1. The van der Waals surface area contributed by atoms with Crippen LogP contribution in [0.25, 0.3) is 0 Å². The van der Waals surface area contributed by atoms with E-state index in [-0.39, 0.29) is 17.7 Å². The number of nitrogens with zero attached hydrogens (tertiary/aromatic N) is 1. The molecule has 0 amide bonds. The van der Waals surface area contributed by atoms with Gasteiger partial charge in [-0.1, -0.05) is 12.1 Å². The van der Waals surface area contributed by atoms with Crippen LogP contribution in [0.1, 0.15) is 16.8 Å². The Kier molecular flexibility index (Phi) is 5.10. The molecule has 6 heteroatoms. The van der Waals surface area contributed by atoms with Gasteiger partial charge in [0.2, 0.25) is 0 Å². The van der Waals surface area contributed by atoms with E-state index in [1.54, 1.807) is 12.1 Å². The minimum absolute atomic E-state index is 0.0318. The molecule has 0 aliphatic rings. The minimum atomic E-state index is -1.03. The number of hydrogen-bond acceptors (Lipinski definition) is 4. The number of phenols is 1. The molecule has 0 radical (unpaired) electrons. The Bertz CT molecular complexity index is 493. The summed E-state index contributed by atoms with van der Waals surface area (Å²) in [6.07, 6.45) is -1.02. The lowest BCUT2D eigenvalue weighted by Gasteiger charge is -2.28. The SMILES string of the molecule is C[N+](C)(C)CC(CC(=O)O)OC(=O)c1ccccc1O. The summed E-state index contributed by atoms with van der Waals surface area (Å²) in [6.45, 7) is 0.367. The molecule has 1 rings (SSSR count). The van der Waals surface area contributed by atoms with Gasteiger partial charge in [0.1, 0.15) is 17.9 Å². The van der Waals surface area contributed by atoms with Crippen LogP contribution in [0.4, 0.5) is 0 Å². The van der Waals surface area contributed by atoms with E-state index in [9.17, 15) is 14.7 Å². The number of carboxylic acids is 1. The number of likely N-dealkylation sites (N-methyl/N-ethyl adjacent to an activating group) is 1. The van der Waals surface area contributed by atoms with E-state index in [0.717, 1.165) is 0 Å². The summed E-state index contributed by atoms with van der Waals surface area (Å²) < 4.78 is 5.67. The topological polar surface area (TPSA) is 83.8 Å². The molecule has 0 heterocycles. The highest BCUT2D eigenvalue weighted by atomic mass is 16.5. The van der Waals surface area contributed by atoms with Crippen molar-refractivity contribution in [2.45, 2.75) is 12.5 Å². The number of carboxylic acid groups (broad SMARTS) is 1. The third-order valence-electron chi connectivity index (χ3n) is 2.55. The number of esters is 1. The van der Waals surface area contributed by atoms with E-state index in [0.29, 0.717) is 11.0 Å². The number of phenolic OH excluding ortho intramolecular Hbond substituents is 1. The number of benzene rings is 1. The van der Waals surface area contributed by atoms with E-state index in [2.05, 4.69) is 0 Å². The summed E-state index contributed by atoms with van der Waals surface area (Å²) in [6, 6.07) is 6.00. The number of hydrogen-bond donors (Lipinski definition) is 2. The van der Waals surface area contributed by atoms with Gasteiger partial charge < -0.3 is 19.4 Å². The van der Waals surface area contributed by atoms with Crippen molar-refractivity contribution in [3.63, 3.8) is 0 Å². The molecule has 1 atom stereocenters. The fourth-order valence-corrected chi connectivity index (χ4v) is 1.81. The van der Waals surface area contributed by atoms with Crippen molar-refractivity contribution in [2.24, 2.45) is 0 Å². The van der Waals surface area contributed by atoms with E-state index in [1.807, 2.05) is 21.1 Å². The summed E-state index contributed by atoms with van der Waals surface area (Å²) in [5.41, 5.74) is 0.0318. The maximum Gasteiger partial charge on any atom is 0.342 e. The molecule has 0 saturated carbocycles. The van der Waals surface area contributed by atoms with Gasteiger partial charge in [0.15, 0.2) is 6.10 Å². The summed E-state index contributed by atoms with van der Waals surface area (Å²) in [5, 5.41) is 18.5. The number of aromatic hydroxyl groups is 1. The molecule has 1 aromatic rings. The molecule has 20 heavy (non-hydrogen) atoms. The van der Waals surface area contributed by atoms with Crippen molar-refractivity contribution in [3.05, 3.63) is 29.8 Å². The smallest absolute Gasteiger partial charge is 0.342 e. The average molecular weight is 282 g/mol. The second-order valence-electron chi connectivity index (χ2n) is 5.62. The summed E-state index contributed by atoms with van der Waals surface area (Å²) in [7, 11) is 5.63. The van der Waals surface area contributed by atoms with Crippen LogP contribution < -0.4 is 0 Å².